The zero-order valence-electron chi connectivity index (χ0n) is 13.8. The summed E-state index contributed by atoms with van der Waals surface area (Å²) in [5.74, 6) is -0.821. The van der Waals surface area contributed by atoms with Gasteiger partial charge in [-0.25, -0.2) is 17.5 Å². The number of para-hydroxylation sites is 1. The molecule has 0 amide bonds. The van der Waals surface area contributed by atoms with Gasteiger partial charge in [-0.1, -0.05) is 24.3 Å². The maximum absolute atomic E-state index is 13.4. The summed E-state index contributed by atoms with van der Waals surface area (Å²) in [6, 6.07) is 16.8. The van der Waals surface area contributed by atoms with Crippen LogP contribution in [0, 0.1) is 28.5 Å². The Morgan fingerprint density at radius 3 is 2.48 bits per heavy atom. The second-order valence-corrected chi connectivity index (χ2v) is 7.11. The number of nitrogens with one attached hydrogen (secondary N) is 1. The van der Waals surface area contributed by atoms with E-state index < -0.39 is 15.8 Å². The fourth-order valence-electron chi connectivity index (χ4n) is 2.45. The Balaban J connectivity index is 2.17. The van der Waals surface area contributed by atoms with Crippen LogP contribution in [-0.2, 0) is 16.4 Å². The van der Waals surface area contributed by atoms with E-state index in [1.807, 2.05) is 12.1 Å². The van der Waals surface area contributed by atoms with Crippen molar-refractivity contribution in [1.29, 1.82) is 10.5 Å². The van der Waals surface area contributed by atoms with Crippen molar-refractivity contribution >= 4 is 15.8 Å². The second kappa shape index (κ2) is 7.28. The molecule has 0 saturated heterocycles. The summed E-state index contributed by atoms with van der Waals surface area (Å²) in [5, 5.41) is 22.7. The van der Waals surface area contributed by atoms with Crippen molar-refractivity contribution in [1.82, 2.24) is 9.78 Å². The van der Waals surface area contributed by atoms with Crippen LogP contribution in [0.1, 0.15) is 11.3 Å². The number of benzene rings is 2. The van der Waals surface area contributed by atoms with E-state index in [9.17, 15) is 18.1 Å². The largest absolute Gasteiger partial charge is 0.263 e. The Hall–Kier alpha value is -3.69. The molecule has 1 aromatic heterocycles. The van der Waals surface area contributed by atoms with Gasteiger partial charge in [0.15, 0.2) is 5.82 Å². The van der Waals surface area contributed by atoms with E-state index in [4.69, 9.17) is 5.26 Å². The lowest BCUT2D eigenvalue weighted by molar-refractivity contribution is 0.595. The Labute approximate surface area is 155 Å². The zero-order chi connectivity index (χ0) is 19.4. The van der Waals surface area contributed by atoms with Gasteiger partial charge in [-0.15, -0.1) is 0 Å². The van der Waals surface area contributed by atoms with E-state index in [2.05, 4.69) is 9.82 Å². The molecule has 0 aliphatic heterocycles. The molecular formula is C18H12FN5O2S. The number of hydrogen-bond acceptors (Lipinski definition) is 5. The fourth-order valence-corrected chi connectivity index (χ4v) is 3.54. The molecule has 2 aromatic carbocycles. The lowest BCUT2D eigenvalue weighted by Gasteiger charge is -2.11. The fraction of sp³-hybridized carbons (Fsp3) is 0.0556. The highest BCUT2D eigenvalue weighted by molar-refractivity contribution is 7.92. The van der Waals surface area contributed by atoms with E-state index in [0.717, 1.165) is 12.1 Å². The zero-order valence-corrected chi connectivity index (χ0v) is 14.6. The van der Waals surface area contributed by atoms with Crippen LogP contribution in [0.15, 0.2) is 59.5 Å². The summed E-state index contributed by atoms with van der Waals surface area (Å²) >= 11 is 0. The Kier molecular flexibility index (Phi) is 4.88. The third kappa shape index (κ3) is 3.64. The predicted octanol–water partition coefficient (Wildman–Crippen LogP) is 2.75. The van der Waals surface area contributed by atoms with E-state index in [-0.39, 0.29) is 28.4 Å². The number of hydrogen-bond donors (Lipinski definition) is 1. The van der Waals surface area contributed by atoms with E-state index in [0.29, 0.717) is 5.69 Å². The Morgan fingerprint density at radius 2 is 1.85 bits per heavy atom. The quantitative estimate of drug-likeness (QED) is 0.730. The summed E-state index contributed by atoms with van der Waals surface area (Å²) in [6.07, 6.45) is -0.169. The van der Waals surface area contributed by atoms with Gasteiger partial charge in [0.2, 0.25) is 0 Å². The first kappa shape index (κ1) is 18.1. The smallest absolute Gasteiger partial charge is 0.262 e. The monoisotopic (exact) mass is 381 g/mol. The summed E-state index contributed by atoms with van der Waals surface area (Å²) in [5.41, 5.74) is 0.566. The third-order valence-corrected chi connectivity index (χ3v) is 4.99. The van der Waals surface area contributed by atoms with Crippen molar-refractivity contribution in [2.24, 2.45) is 0 Å². The number of nitrogens with zero attached hydrogens (tertiary/aromatic N) is 4. The van der Waals surface area contributed by atoms with Gasteiger partial charge in [0.1, 0.15) is 17.4 Å². The van der Waals surface area contributed by atoms with Gasteiger partial charge in [-0.2, -0.15) is 15.6 Å². The molecule has 0 spiro atoms. The van der Waals surface area contributed by atoms with Crippen molar-refractivity contribution in [3.63, 3.8) is 0 Å². The highest BCUT2D eigenvalue weighted by Crippen LogP contribution is 2.26. The molecule has 0 fully saturated rings. The van der Waals surface area contributed by atoms with Crippen LogP contribution < -0.4 is 4.72 Å². The number of sulfonamides is 1. The van der Waals surface area contributed by atoms with E-state index in [1.165, 1.54) is 16.8 Å². The minimum Gasteiger partial charge on any atom is -0.262 e. The molecule has 3 rings (SSSR count). The highest BCUT2D eigenvalue weighted by atomic mass is 32.2. The topological polar surface area (TPSA) is 112 Å². The van der Waals surface area contributed by atoms with Gasteiger partial charge in [-0.3, -0.25) is 4.72 Å². The molecule has 0 aliphatic rings. The first-order chi connectivity index (χ1) is 13.0. The molecule has 134 valence electrons. The summed E-state index contributed by atoms with van der Waals surface area (Å²) in [4.78, 5) is -0.297. The van der Waals surface area contributed by atoms with Gasteiger partial charge in [-0.05, 0) is 30.3 Å². The highest BCUT2D eigenvalue weighted by Gasteiger charge is 2.24. The molecule has 0 saturated carbocycles. The molecule has 3 aromatic rings. The molecule has 0 atom stereocenters. The van der Waals surface area contributed by atoms with E-state index in [1.54, 1.807) is 30.3 Å². The Morgan fingerprint density at radius 1 is 1.11 bits per heavy atom. The second-order valence-electron chi connectivity index (χ2n) is 5.43. The number of rotatable bonds is 5. The van der Waals surface area contributed by atoms with Crippen molar-refractivity contribution in [3.05, 3.63) is 71.7 Å². The van der Waals surface area contributed by atoms with Crippen LogP contribution in [0.4, 0.5) is 10.2 Å². The number of anilines is 1. The van der Waals surface area contributed by atoms with Crippen LogP contribution in [0.2, 0.25) is 0 Å². The molecule has 27 heavy (non-hydrogen) atoms. The van der Waals surface area contributed by atoms with Gasteiger partial charge in [0.05, 0.1) is 28.8 Å². The molecule has 1 heterocycles. The van der Waals surface area contributed by atoms with Crippen molar-refractivity contribution in [2.45, 2.75) is 11.3 Å². The minimum absolute atomic E-state index is 0.0691. The van der Waals surface area contributed by atoms with Crippen LogP contribution in [0.5, 0.6) is 0 Å². The summed E-state index contributed by atoms with van der Waals surface area (Å²) < 4.78 is 42.3. The average Bonchev–Trinajstić information content (AvgIpc) is 2.99. The van der Waals surface area contributed by atoms with Crippen LogP contribution in [0.25, 0.3) is 5.69 Å². The number of halogens is 1. The number of aromatic nitrogens is 2. The molecule has 0 bridgehead atoms. The lowest BCUT2D eigenvalue weighted by Crippen LogP contribution is -2.17. The predicted molar refractivity (Wildman–Crippen MR) is 94.8 cm³/mol. The first-order valence-electron chi connectivity index (χ1n) is 7.69. The standard InChI is InChI=1S/C18H12FN5O2S/c19-13-5-4-8-15(11-13)27(25,26)23-18-16(12-21)17(9-10-20)22-24(18)14-6-2-1-3-7-14/h1-8,11,23H,9H2. The van der Waals surface area contributed by atoms with Gasteiger partial charge >= 0.3 is 0 Å². The lowest BCUT2D eigenvalue weighted by atomic mass is 10.2. The van der Waals surface area contributed by atoms with Gasteiger partial charge in [0.25, 0.3) is 10.0 Å². The molecule has 0 radical (unpaired) electrons. The molecule has 7 nitrogen and oxygen atoms in total. The Bertz CT molecular complexity index is 1170. The van der Waals surface area contributed by atoms with Crippen LogP contribution in [0.3, 0.4) is 0 Å². The first-order valence-corrected chi connectivity index (χ1v) is 9.17. The summed E-state index contributed by atoms with van der Waals surface area (Å²) in [7, 11) is -4.19. The minimum atomic E-state index is -4.19. The van der Waals surface area contributed by atoms with Crippen LogP contribution >= 0.6 is 0 Å². The molecule has 0 aliphatic carbocycles. The maximum atomic E-state index is 13.4. The third-order valence-electron chi connectivity index (χ3n) is 3.65. The van der Waals surface area contributed by atoms with E-state index >= 15 is 0 Å². The molecule has 0 unspecified atom stereocenters. The van der Waals surface area contributed by atoms with Crippen molar-refractivity contribution in [3.8, 4) is 17.8 Å². The van der Waals surface area contributed by atoms with Gasteiger partial charge in [0, 0.05) is 0 Å². The summed E-state index contributed by atoms with van der Waals surface area (Å²) in [6.45, 7) is 0. The number of nitriles is 2. The SMILES string of the molecule is N#CCc1nn(-c2ccccc2)c(NS(=O)(=O)c2cccc(F)c2)c1C#N. The van der Waals surface area contributed by atoms with Crippen molar-refractivity contribution < 1.29 is 12.8 Å². The van der Waals surface area contributed by atoms with Crippen molar-refractivity contribution in [2.75, 3.05) is 4.72 Å². The molecular weight excluding hydrogens is 369 g/mol. The van der Waals surface area contributed by atoms with Crippen LogP contribution in [-0.4, -0.2) is 18.2 Å². The normalized spacial score (nSPS) is 10.8. The average molecular weight is 381 g/mol. The molecule has 1 N–H and O–H groups in total. The maximum Gasteiger partial charge on any atom is 0.263 e. The molecule has 9 heteroatoms. The van der Waals surface area contributed by atoms with Gasteiger partial charge < -0.3 is 0 Å².